The lowest BCUT2D eigenvalue weighted by atomic mass is 9.88. The molecular formula is C16H22FNO3. The molecule has 0 aromatic heterocycles. The Kier molecular flexibility index (Phi) is 4.83. The van der Waals surface area contributed by atoms with E-state index in [4.69, 9.17) is 4.74 Å². The molecule has 1 aromatic rings. The Balaban J connectivity index is 2.09. The largest absolute Gasteiger partial charge is 0.496 e. The molecule has 0 saturated carbocycles. The van der Waals surface area contributed by atoms with E-state index in [0.29, 0.717) is 37.2 Å². The first-order valence-corrected chi connectivity index (χ1v) is 7.25. The van der Waals surface area contributed by atoms with Crippen molar-refractivity contribution in [3.63, 3.8) is 0 Å². The summed E-state index contributed by atoms with van der Waals surface area (Å²) in [6.45, 7) is 4.48. The number of carbonyl (C=O) groups excluding carboxylic acids is 1. The molecule has 1 aliphatic heterocycles. The highest BCUT2D eigenvalue weighted by Crippen LogP contribution is 2.33. The van der Waals surface area contributed by atoms with E-state index in [1.165, 1.54) is 20.1 Å². The first-order valence-electron chi connectivity index (χ1n) is 7.25. The second kappa shape index (κ2) is 6.43. The van der Waals surface area contributed by atoms with Crippen molar-refractivity contribution in [1.29, 1.82) is 0 Å². The third-order valence-corrected chi connectivity index (χ3v) is 4.12. The molecule has 1 N–H and O–H groups in total. The Morgan fingerprint density at radius 3 is 2.57 bits per heavy atom. The minimum atomic E-state index is -0.971. The van der Waals surface area contributed by atoms with Crippen LogP contribution in [-0.2, 0) is 4.79 Å². The molecule has 1 amide bonds. The number of aliphatic hydroxyl groups excluding tert-OH is 1. The number of hydrogen-bond donors (Lipinski definition) is 1. The molecule has 4 nitrogen and oxygen atoms in total. The minimum absolute atomic E-state index is 0.104. The van der Waals surface area contributed by atoms with Gasteiger partial charge in [0.2, 0.25) is 0 Å². The fourth-order valence-electron chi connectivity index (χ4n) is 2.89. The normalized spacial score (nSPS) is 17.7. The third-order valence-electron chi connectivity index (χ3n) is 4.12. The van der Waals surface area contributed by atoms with E-state index < -0.39 is 6.10 Å². The van der Waals surface area contributed by atoms with Crippen LogP contribution in [0.3, 0.4) is 0 Å². The van der Waals surface area contributed by atoms with E-state index in [9.17, 15) is 14.3 Å². The number of hydrogen-bond acceptors (Lipinski definition) is 3. The second-order valence-corrected chi connectivity index (χ2v) is 5.62. The Hall–Kier alpha value is -1.62. The fourth-order valence-corrected chi connectivity index (χ4v) is 2.89. The Morgan fingerprint density at radius 1 is 1.43 bits per heavy atom. The van der Waals surface area contributed by atoms with Crippen LogP contribution in [0.4, 0.5) is 4.39 Å². The van der Waals surface area contributed by atoms with Crippen molar-refractivity contribution in [1.82, 2.24) is 4.90 Å². The molecule has 0 bridgehead atoms. The van der Waals surface area contributed by atoms with Crippen LogP contribution in [0.1, 0.15) is 36.8 Å². The van der Waals surface area contributed by atoms with Gasteiger partial charge in [0.1, 0.15) is 17.7 Å². The van der Waals surface area contributed by atoms with Gasteiger partial charge < -0.3 is 14.7 Å². The number of likely N-dealkylation sites (tertiary alicyclic amines) is 1. The van der Waals surface area contributed by atoms with E-state index >= 15 is 0 Å². The molecule has 0 spiro atoms. The number of aryl methyl sites for hydroxylation is 1. The molecule has 1 aliphatic rings. The fraction of sp³-hybridized carbons (Fsp3) is 0.562. The van der Waals surface area contributed by atoms with Gasteiger partial charge in [0.05, 0.1) is 7.11 Å². The molecule has 5 heteroatoms. The van der Waals surface area contributed by atoms with E-state index in [1.807, 2.05) is 13.0 Å². The number of rotatable bonds is 3. The summed E-state index contributed by atoms with van der Waals surface area (Å²) in [7, 11) is 1.53. The molecule has 0 unspecified atom stereocenters. The lowest BCUT2D eigenvalue weighted by Crippen LogP contribution is -2.42. The minimum Gasteiger partial charge on any atom is -0.496 e. The lowest BCUT2D eigenvalue weighted by molar-refractivity contribution is -0.140. The van der Waals surface area contributed by atoms with Crippen molar-refractivity contribution in [2.75, 3.05) is 20.2 Å². The van der Waals surface area contributed by atoms with Gasteiger partial charge in [0, 0.05) is 19.2 Å². The zero-order valence-corrected chi connectivity index (χ0v) is 12.7. The van der Waals surface area contributed by atoms with Gasteiger partial charge in [-0.25, -0.2) is 4.39 Å². The topological polar surface area (TPSA) is 49.8 Å². The molecule has 1 heterocycles. The summed E-state index contributed by atoms with van der Waals surface area (Å²) < 4.78 is 19.3. The monoisotopic (exact) mass is 295 g/mol. The van der Waals surface area contributed by atoms with Gasteiger partial charge in [-0.2, -0.15) is 0 Å². The maximum atomic E-state index is 14.2. The number of ether oxygens (including phenoxy) is 1. The number of aliphatic hydroxyl groups is 1. The molecule has 0 aliphatic carbocycles. The summed E-state index contributed by atoms with van der Waals surface area (Å²) in [5.74, 6) is 0.156. The summed E-state index contributed by atoms with van der Waals surface area (Å²) in [6, 6.07) is 3.27. The Bertz CT molecular complexity index is 522. The van der Waals surface area contributed by atoms with Crippen LogP contribution in [0, 0.1) is 12.7 Å². The number of carbonyl (C=O) groups is 1. The van der Waals surface area contributed by atoms with Crippen molar-refractivity contribution in [2.45, 2.75) is 38.7 Å². The molecule has 1 aromatic carbocycles. The molecule has 1 atom stereocenters. The summed E-state index contributed by atoms with van der Waals surface area (Å²) in [6.07, 6.45) is 0.448. The molecule has 1 saturated heterocycles. The van der Waals surface area contributed by atoms with E-state index in [1.54, 1.807) is 4.90 Å². The van der Waals surface area contributed by atoms with Crippen molar-refractivity contribution >= 4 is 5.91 Å². The lowest BCUT2D eigenvalue weighted by Gasteiger charge is -2.33. The van der Waals surface area contributed by atoms with Crippen molar-refractivity contribution < 1.29 is 19.0 Å². The van der Waals surface area contributed by atoms with Crippen molar-refractivity contribution in [2.24, 2.45) is 0 Å². The Labute approximate surface area is 124 Å². The highest BCUT2D eigenvalue weighted by atomic mass is 19.1. The van der Waals surface area contributed by atoms with Gasteiger partial charge in [0.25, 0.3) is 5.91 Å². The van der Waals surface area contributed by atoms with Crippen molar-refractivity contribution in [3.05, 3.63) is 29.1 Å². The van der Waals surface area contributed by atoms with Crippen LogP contribution >= 0.6 is 0 Å². The maximum Gasteiger partial charge on any atom is 0.251 e. The van der Waals surface area contributed by atoms with E-state index in [0.717, 1.165) is 5.56 Å². The highest BCUT2D eigenvalue weighted by Gasteiger charge is 2.27. The Morgan fingerprint density at radius 2 is 2.05 bits per heavy atom. The zero-order chi connectivity index (χ0) is 15.6. The molecule has 0 radical (unpaired) electrons. The maximum absolute atomic E-state index is 14.2. The average molecular weight is 295 g/mol. The number of methoxy groups -OCH3 is 1. The summed E-state index contributed by atoms with van der Waals surface area (Å²) in [4.78, 5) is 13.4. The number of piperidine rings is 1. The molecule has 116 valence electrons. The molecule has 21 heavy (non-hydrogen) atoms. The number of halogens is 1. The van der Waals surface area contributed by atoms with Crippen LogP contribution in [0.2, 0.25) is 0 Å². The zero-order valence-electron chi connectivity index (χ0n) is 12.7. The van der Waals surface area contributed by atoms with E-state index in [-0.39, 0.29) is 17.6 Å². The van der Waals surface area contributed by atoms with Gasteiger partial charge in [-0.05, 0) is 49.8 Å². The van der Waals surface area contributed by atoms with E-state index in [2.05, 4.69) is 0 Å². The molecular weight excluding hydrogens is 273 g/mol. The molecule has 1 fully saturated rings. The van der Waals surface area contributed by atoms with Gasteiger partial charge in [-0.1, -0.05) is 0 Å². The van der Waals surface area contributed by atoms with Gasteiger partial charge in [-0.3, -0.25) is 4.79 Å². The average Bonchev–Trinajstić information content (AvgIpc) is 2.48. The molecule has 2 rings (SSSR count). The summed E-state index contributed by atoms with van der Waals surface area (Å²) in [5, 5.41) is 9.33. The van der Waals surface area contributed by atoms with Crippen LogP contribution in [0.5, 0.6) is 5.75 Å². The second-order valence-electron chi connectivity index (χ2n) is 5.62. The number of nitrogens with zero attached hydrogens (tertiary/aromatic N) is 1. The summed E-state index contributed by atoms with van der Waals surface area (Å²) >= 11 is 0. The first kappa shape index (κ1) is 15.8. The SMILES string of the molecule is COc1cc(F)c(C2CCN(C(=O)[C@H](C)O)CC2)cc1C. The number of amides is 1. The van der Waals surface area contributed by atoms with Crippen LogP contribution in [0.15, 0.2) is 12.1 Å². The van der Waals surface area contributed by atoms with Gasteiger partial charge >= 0.3 is 0 Å². The highest BCUT2D eigenvalue weighted by molar-refractivity contribution is 5.80. The van der Waals surface area contributed by atoms with Crippen LogP contribution in [-0.4, -0.2) is 42.2 Å². The van der Waals surface area contributed by atoms with Gasteiger partial charge in [-0.15, -0.1) is 0 Å². The van der Waals surface area contributed by atoms with Crippen LogP contribution < -0.4 is 4.74 Å². The summed E-state index contributed by atoms with van der Waals surface area (Å²) in [5.41, 5.74) is 1.61. The third kappa shape index (κ3) is 3.35. The predicted molar refractivity (Wildman–Crippen MR) is 77.9 cm³/mol. The standard InChI is InChI=1S/C16H22FNO3/c1-10-8-13(14(17)9-15(10)21-3)12-4-6-18(7-5-12)16(20)11(2)19/h8-9,11-12,19H,4-7H2,1-3H3/t11-/m0/s1. The first-order chi connectivity index (χ1) is 9.93. The van der Waals surface area contributed by atoms with Crippen molar-refractivity contribution in [3.8, 4) is 5.75 Å². The van der Waals surface area contributed by atoms with Gasteiger partial charge in [0.15, 0.2) is 0 Å². The quantitative estimate of drug-likeness (QED) is 0.930. The predicted octanol–water partition coefficient (Wildman–Crippen LogP) is 2.23. The smallest absolute Gasteiger partial charge is 0.251 e. The number of benzene rings is 1. The van der Waals surface area contributed by atoms with Crippen LogP contribution in [0.25, 0.3) is 0 Å².